The van der Waals surface area contributed by atoms with Crippen molar-refractivity contribution >= 4 is 11.8 Å². The van der Waals surface area contributed by atoms with Gasteiger partial charge in [0.25, 0.3) is 0 Å². The number of rotatable bonds is 5. The summed E-state index contributed by atoms with van der Waals surface area (Å²) in [7, 11) is 0. The molecule has 1 aromatic rings. The van der Waals surface area contributed by atoms with Gasteiger partial charge >= 0.3 is 6.09 Å². The number of piperazine rings is 1. The van der Waals surface area contributed by atoms with Crippen molar-refractivity contribution in [1.82, 2.24) is 4.90 Å². The highest BCUT2D eigenvalue weighted by molar-refractivity contribution is 5.68. The van der Waals surface area contributed by atoms with Gasteiger partial charge in [-0.05, 0) is 44.9 Å². The molecule has 3 N–H and O–H groups in total. The Kier molecular flexibility index (Phi) is 6.86. The molecule has 2 unspecified atom stereocenters. The van der Waals surface area contributed by atoms with Crippen LogP contribution < -0.4 is 4.90 Å². The van der Waals surface area contributed by atoms with E-state index in [2.05, 4.69) is 4.90 Å². The fourth-order valence-electron chi connectivity index (χ4n) is 2.87. The first-order chi connectivity index (χ1) is 12.2. The minimum absolute atomic E-state index is 0.134. The summed E-state index contributed by atoms with van der Waals surface area (Å²) in [6.07, 6.45) is -2.15. The maximum atomic E-state index is 12.1. The van der Waals surface area contributed by atoms with Crippen molar-refractivity contribution < 1.29 is 24.9 Å². The summed E-state index contributed by atoms with van der Waals surface area (Å²) in [6.45, 7) is 7.99. The van der Waals surface area contributed by atoms with E-state index in [-0.39, 0.29) is 19.1 Å². The molecule has 0 aliphatic carbocycles. The molecular formula is C19H30N2O5. The molecule has 1 aliphatic rings. The molecule has 26 heavy (non-hydrogen) atoms. The third kappa shape index (κ3) is 5.59. The number of benzene rings is 1. The molecule has 146 valence electrons. The van der Waals surface area contributed by atoms with Gasteiger partial charge in [-0.2, -0.15) is 0 Å². The summed E-state index contributed by atoms with van der Waals surface area (Å²) in [4.78, 5) is 16.0. The van der Waals surface area contributed by atoms with E-state index in [9.17, 15) is 15.0 Å². The fraction of sp³-hybridized carbons (Fsp3) is 0.632. The standard InChI is InChI=1S/C19H30N2O5/c1-19(2,3)26-18(25)21-11-9-20(10-12-21)15-6-4-14(5-7-15)17(24)16(23)8-13-22/h4-7,16-17,22-24H,8-13H2,1-3H3. The Morgan fingerprint density at radius 2 is 1.69 bits per heavy atom. The van der Waals surface area contributed by atoms with E-state index in [1.807, 2.05) is 32.9 Å². The topological polar surface area (TPSA) is 93.5 Å². The molecule has 0 radical (unpaired) electrons. The molecule has 1 saturated heterocycles. The summed E-state index contributed by atoms with van der Waals surface area (Å²) in [5.41, 5.74) is 1.12. The number of ether oxygens (including phenoxy) is 1. The van der Waals surface area contributed by atoms with Crippen LogP contribution in [-0.4, -0.2) is 70.8 Å². The van der Waals surface area contributed by atoms with Crippen molar-refractivity contribution in [3.8, 4) is 0 Å². The van der Waals surface area contributed by atoms with Crippen LogP contribution in [0.2, 0.25) is 0 Å². The number of hydrogen-bond acceptors (Lipinski definition) is 6. The van der Waals surface area contributed by atoms with Crippen LogP contribution in [0.4, 0.5) is 10.5 Å². The lowest BCUT2D eigenvalue weighted by molar-refractivity contribution is 0.00422. The molecule has 1 aromatic carbocycles. The van der Waals surface area contributed by atoms with E-state index >= 15 is 0 Å². The Balaban J connectivity index is 1.90. The number of anilines is 1. The zero-order chi connectivity index (χ0) is 19.3. The van der Waals surface area contributed by atoms with E-state index in [1.165, 1.54) is 0 Å². The lowest BCUT2D eigenvalue weighted by atomic mass is 10.0. The molecule has 1 amide bonds. The smallest absolute Gasteiger partial charge is 0.410 e. The molecule has 1 heterocycles. The highest BCUT2D eigenvalue weighted by atomic mass is 16.6. The lowest BCUT2D eigenvalue weighted by Crippen LogP contribution is -2.50. The van der Waals surface area contributed by atoms with Crippen LogP contribution in [0.15, 0.2) is 24.3 Å². The second kappa shape index (κ2) is 8.70. The Morgan fingerprint density at radius 3 is 2.19 bits per heavy atom. The zero-order valence-electron chi connectivity index (χ0n) is 15.8. The molecule has 2 rings (SSSR count). The largest absolute Gasteiger partial charge is 0.444 e. The van der Waals surface area contributed by atoms with E-state index in [1.54, 1.807) is 17.0 Å². The van der Waals surface area contributed by atoms with Crippen LogP contribution in [-0.2, 0) is 4.74 Å². The molecule has 0 spiro atoms. The van der Waals surface area contributed by atoms with E-state index in [0.717, 1.165) is 5.69 Å². The second-order valence-corrected chi connectivity index (χ2v) is 7.57. The number of hydrogen-bond donors (Lipinski definition) is 3. The van der Waals surface area contributed by atoms with Gasteiger partial charge in [0.2, 0.25) is 0 Å². The number of carbonyl (C=O) groups is 1. The van der Waals surface area contributed by atoms with Crippen molar-refractivity contribution in [3.63, 3.8) is 0 Å². The molecule has 2 atom stereocenters. The maximum Gasteiger partial charge on any atom is 0.410 e. The normalized spacial score (nSPS) is 17.8. The van der Waals surface area contributed by atoms with Gasteiger partial charge in [0, 0.05) is 38.5 Å². The number of carbonyl (C=O) groups excluding carboxylic acids is 1. The zero-order valence-corrected chi connectivity index (χ0v) is 15.8. The molecule has 1 fully saturated rings. The third-order valence-corrected chi connectivity index (χ3v) is 4.32. The fourth-order valence-corrected chi connectivity index (χ4v) is 2.87. The molecule has 7 heteroatoms. The summed E-state index contributed by atoms with van der Waals surface area (Å²) in [5, 5.41) is 28.7. The monoisotopic (exact) mass is 366 g/mol. The molecule has 1 aliphatic heterocycles. The quantitative estimate of drug-likeness (QED) is 0.732. The van der Waals surface area contributed by atoms with E-state index < -0.39 is 17.8 Å². The van der Waals surface area contributed by atoms with Crippen molar-refractivity contribution in [2.75, 3.05) is 37.7 Å². The second-order valence-electron chi connectivity index (χ2n) is 7.57. The van der Waals surface area contributed by atoms with Gasteiger partial charge in [0.1, 0.15) is 11.7 Å². The van der Waals surface area contributed by atoms with Crippen LogP contribution in [0.3, 0.4) is 0 Å². The van der Waals surface area contributed by atoms with Crippen LogP contribution in [0.5, 0.6) is 0 Å². The van der Waals surface area contributed by atoms with Gasteiger partial charge in [0.05, 0.1) is 6.10 Å². The molecule has 7 nitrogen and oxygen atoms in total. The molecule has 0 bridgehead atoms. The third-order valence-electron chi connectivity index (χ3n) is 4.32. The minimum Gasteiger partial charge on any atom is -0.444 e. The average molecular weight is 366 g/mol. The van der Waals surface area contributed by atoms with E-state index in [4.69, 9.17) is 9.84 Å². The summed E-state index contributed by atoms with van der Waals surface area (Å²) < 4.78 is 5.40. The highest BCUT2D eigenvalue weighted by Gasteiger charge is 2.26. The van der Waals surface area contributed by atoms with Gasteiger partial charge in [-0.15, -0.1) is 0 Å². The van der Waals surface area contributed by atoms with Gasteiger partial charge in [0.15, 0.2) is 0 Å². The van der Waals surface area contributed by atoms with Crippen molar-refractivity contribution in [2.45, 2.75) is 45.0 Å². The number of aliphatic hydroxyl groups excluding tert-OH is 3. The van der Waals surface area contributed by atoms with Gasteiger partial charge in [-0.25, -0.2) is 4.79 Å². The molecular weight excluding hydrogens is 336 g/mol. The highest BCUT2D eigenvalue weighted by Crippen LogP contribution is 2.23. The van der Waals surface area contributed by atoms with E-state index in [0.29, 0.717) is 31.7 Å². The van der Waals surface area contributed by atoms with Gasteiger partial charge in [-0.1, -0.05) is 12.1 Å². The minimum atomic E-state index is -1.01. The van der Waals surface area contributed by atoms with Crippen LogP contribution in [0.1, 0.15) is 38.9 Å². The summed E-state index contributed by atoms with van der Waals surface area (Å²) in [6, 6.07) is 7.35. The van der Waals surface area contributed by atoms with Crippen molar-refractivity contribution in [2.24, 2.45) is 0 Å². The predicted octanol–water partition coefficient (Wildman–Crippen LogP) is 1.52. The van der Waals surface area contributed by atoms with Crippen LogP contribution >= 0.6 is 0 Å². The summed E-state index contributed by atoms with van der Waals surface area (Å²) in [5.74, 6) is 0. The first-order valence-corrected chi connectivity index (χ1v) is 9.01. The number of amides is 1. The predicted molar refractivity (Wildman–Crippen MR) is 99.1 cm³/mol. The first-order valence-electron chi connectivity index (χ1n) is 9.01. The number of nitrogens with zero attached hydrogens (tertiary/aromatic N) is 2. The molecule has 0 aromatic heterocycles. The Hall–Kier alpha value is -1.83. The van der Waals surface area contributed by atoms with Crippen molar-refractivity contribution in [3.05, 3.63) is 29.8 Å². The molecule has 0 saturated carbocycles. The maximum absolute atomic E-state index is 12.1. The van der Waals surface area contributed by atoms with Gasteiger partial charge < -0.3 is 29.9 Å². The SMILES string of the molecule is CC(C)(C)OC(=O)N1CCN(c2ccc(C(O)C(O)CCO)cc2)CC1. The number of aliphatic hydroxyl groups is 3. The Labute approximate surface area is 154 Å². The van der Waals surface area contributed by atoms with Crippen molar-refractivity contribution in [1.29, 1.82) is 0 Å². The first kappa shape index (κ1) is 20.5. The summed E-state index contributed by atoms with van der Waals surface area (Å²) >= 11 is 0. The van der Waals surface area contributed by atoms with Crippen LogP contribution in [0, 0.1) is 0 Å². The van der Waals surface area contributed by atoms with Gasteiger partial charge in [-0.3, -0.25) is 0 Å². The van der Waals surface area contributed by atoms with Crippen LogP contribution in [0.25, 0.3) is 0 Å². The average Bonchev–Trinajstić information content (AvgIpc) is 2.60. The lowest BCUT2D eigenvalue weighted by Gasteiger charge is -2.36. The Morgan fingerprint density at radius 1 is 1.12 bits per heavy atom. The Bertz CT molecular complexity index is 577.